The zero-order chi connectivity index (χ0) is 93.4. The summed E-state index contributed by atoms with van der Waals surface area (Å²) < 4.78 is 53.1. The number of hydrogen-bond acceptors (Lipinski definition) is 28. The van der Waals surface area contributed by atoms with Crippen molar-refractivity contribution in [2.75, 3.05) is 13.7 Å². The number of aliphatic hydroxyl groups excluding tert-OH is 6. The molecule has 0 saturated carbocycles. The second-order valence-corrected chi connectivity index (χ2v) is 35.0. The molecule has 0 aliphatic carbocycles. The predicted molar refractivity (Wildman–Crippen MR) is 466 cm³/mol. The average Bonchev–Trinajstić information content (AvgIpc) is 0.761. The molecule has 8 aliphatic heterocycles. The Morgan fingerprint density at radius 2 is 1.18 bits per heavy atom. The van der Waals surface area contributed by atoms with Crippen LogP contribution in [0.15, 0.2) is 158 Å². The number of benzene rings is 8. The van der Waals surface area contributed by atoms with Crippen LogP contribution >= 0.6 is 23.2 Å². The Labute approximate surface area is 755 Å². The Morgan fingerprint density at radius 3 is 1.78 bits per heavy atom. The Kier molecular flexibility index (Phi) is 28.5. The van der Waals surface area contributed by atoms with Crippen molar-refractivity contribution in [1.82, 2.24) is 42.5 Å². The van der Waals surface area contributed by atoms with Gasteiger partial charge in [-0.25, -0.2) is 4.79 Å². The number of carboxylic acid groups (broad SMARTS) is 1. The standard InChI is InChI=1S/C92H102Cl2N10O26/c1-40(2)27-57(97-7)83(115)103-73-75(110)49-22-25-61(55(93)29-49)125-63-31-51-32-64(79(63)130-90-80(77(112)76(111)65(39-105)127-90)129-68-37-92(6,82(114)42(4)124-68)98-38-43-13-15-45(16-14-43)47-19-17-46(18-20-47)44-11-9-8-10-12-44)126-62-26-23-50(30-56(62)94)78(128-67-36-91(5,96)81(113)41(3)123-67)74-88(120)102-72(89(121)122)54-33-52(106)34-60(108)69(54)53-28-48(21-24-59(53)107)70(85(117)104-74)101-86(118)71(51)100-84(116)58(35-66(95)109)99-87(73)119/h8-26,28-34,40-42,57-58,65,67-68,70-78,80-82,90,97-98,105-108,110-114H,27,35-39,96H2,1-7H3,(H2,95,109)(H,99,119)(H,100,116)(H,101,118)(H,102,120)(H,103,115)(H,104,117)(H,121,122)/t41-,42-,57+,58-,65+,67-,68-,70+,71+,72-,73+,74-,75+,76+,77-,78+,80+,81-,82-,90-,91-,92-/m0/s1. The van der Waals surface area contributed by atoms with Gasteiger partial charge in [0.05, 0.1) is 53.5 Å². The van der Waals surface area contributed by atoms with E-state index < -0.39 is 261 Å². The van der Waals surface area contributed by atoms with Crippen molar-refractivity contribution in [3.8, 4) is 79.4 Å². The van der Waals surface area contributed by atoms with Crippen molar-refractivity contribution in [3.63, 3.8) is 0 Å². The van der Waals surface area contributed by atoms with E-state index in [2.05, 4.69) is 42.5 Å². The van der Waals surface area contributed by atoms with E-state index >= 15 is 24.0 Å². The van der Waals surface area contributed by atoms with Gasteiger partial charge in [0.15, 0.2) is 36.2 Å². The molecule has 8 aromatic rings. The first-order chi connectivity index (χ1) is 61.8. The fraction of sp³-hybridized carbons (Fsp3) is 0.391. The van der Waals surface area contributed by atoms with E-state index in [1.807, 2.05) is 92.7 Å². The monoisotopic (exact) mass is 1830 g/mol. The maximum absolute atomic E-state index is 16.6. The molecule has 0 unspecified atom stereocenters. The minimum Gasteiger partial charge on any atom is -0.508 e. The van der Waals surface area contributed by atoms with Gasteiger partial charge in [0.2, 0.25) is 53.4 Å². The van der Waals surface area contributed by atoms with Crippen LogP contribution in [0.25, 0.3) is 33.4 Å². The summed E-state index contributed by atoms with van der Waals surface area (Å²) in [5.74, 6) is -16.1. The molecule has 8 heterocycles. The number of aliphatic carboxylic acids is 1. The molecule has 38 heteroatoms. The zero-order valence-electron chi connectivity index (χ0n) is 71.3. The van der Waals surface area contributed by atoms with Crippen molar-refractivity contribution >= 4 is 70.5 Å². The topological polar surface area (TPSA) is 561 Å². The van der Waals surface area contributed by atoms with Crippen LogP contribution in [0.2, 0.25) is 10.0 Å². The molecule has 0 spiro atoms. The quantitative estimate of drug-likeness (QED) is 0.0447. The third kappa shape index (κ3) is 20.4. The molecule has 3 saturated heterocycles. The summed E-state index contributed by atoms with van der Waals surface area (Å²) in [5, 5.41) is 138. The van der Waals surface area contributed by atoms with Crippen LogP contribution in [0.5, 0.6) is 46.0 Å². The summed E-state index contributed by atoms with van der Waals surface area (Å²) in [5.41, 5.74) is 11.9. The molecular weight excluding hydrogens is 1730 g/mol. The molecule has 690 valence electrons. The molecule has 22 atom stereocenters. The number of nitrogens with one attached hydrogen (secondary N) is 8. The van der Waals surface area contributed by atoms with Gasteiger partial charge in [-0.3, -0.25) is 33.6 Å². The molecular formula is C92H102Cl2N10O26. The van der Waals surface area contributed by atoms with Gasteiger partial charge in [-0.05, 0) is 152 Å². The number of primary amides is 1. The highest BCUT2D eigenvalue weighted by Gasteiger charge is 2.53. The lowest BCUT2D eigenvalue weighted by Gasteiger charge is -2.48. The number of amides is 7. The van der Waals surface area contributed by atoms with Gasteiger partial charge in [0.1, 0.15) is 89.5 Å². The highest BCUT2D eigenvalue weighted by Crippen LogP contribution is 2.51. The van der Waals surface area contributed by atoms with Crippen LogP contribution in [-0.4, -0.2) is 215 Å². The number of phenols is 3. The van der Waals surface area contributed by atoms with Crippen molar-refractivity contribution in [3.05, 3.63) is 201 Å². The number of hydrogen-bond donors (Lipinski definition) is 20. The molecule has 0 radical (unpaired) electrons. The SMILES string of the molecule is CN[C@H](CC(C)C)C(=O)N[C@H]1C(=O)N[C@@H](CC(N)=O)C(=O)N[C@H]2C(=O)N[C@H]3C(=O)N[C@H](C(=O)N[C@H](C(=O)O)c4cc(O)cc(O)c4-c4cc3ccc4O)[C@H](O[C@H]3C[C@](C)(N)[C@@H](O)[C@H](C)O3)c3ccc(c(Cl)c3)Oc3cc2cc(c3O[C@@H]2O[C@H](CO)[C@@H](O)[C@H](O)[C@H]2O[C@H]2C[C@](C)(NCc3ccc(-c4ccc(-c5ccccc5)cc4)cc3)[C@@H](O)[C@H](C)O2)Oc2ccc(cc2Cl)[C@H]1O. The number of carbonyl (C=O) groups excluding carboxylic acids is 7. The van der Waals surface area contributed by atoms with E-state index in [1.54, 1.807) is 13.8 Å². The first-order valence-corrected chi connectivity index (χ1v) is 42.8. The summed E-state index contributed by atoms with van der Waals surface area (Å²) in [6, 6.07) is 25.5. The summed E-state index contributed by atoms with van der Waals surface area (Å²) in [4.78, 5) is 121. The van der Waals surface area contributed by atoms with E-state index in [9.17, 15) is 65.4 Å². The third-order valence-corrected chi connectivity index (χ3v) is 24.7. The van der Waals surface area contributed by atoms with E-state index in [4.69, 9.17) is 72.6 Å². The van der Waals surface area contributed by atoms with E-state index in [0.717, 1.165) is 76.3 Å². The fourth-order valence-electron chi connectivity index (χ4n) is 17.0. The number of rotatable bonds is 20. The Morgan fingerprint density at radius 1 is 0.608 bits per heavy atom. The average molecular weight is 1830 g/mol. The van der Waals surface area contributed by atoms with Crippen LogP contribution in [0.3, 0.4) is 0 Å². The van der Waals surface area contributed by atoms with E-state index in [1.165, 1.54) is 51.2 Å². The lowest BCUT2D eigenvalue weighted by molar-refractivity contribution is -0.334. The number of phenolic OH excluding ortho intramolecular Hbond substituents is 3. The largest absolute Gasteiger partial charge is 0.508 e. The second-order valence-electron chi connectivity index (χ2n) is 34.2. The van der Waals surface area contributed by atoms with Crippen LogP contribution in [-0.2, 0) is 68.6 Å². The number of likely N-dealkylation sites (N-methyl/N-ethyl adjacent to an activating group) is 1. The normalized spacial score (nSPS) is 29.0. The minimum atomic E-state index is -2.40. The zero-order valence-corrected chi connectivity index (χ0v) is 72.8. The minimum absolute atomic E-state index is 0.120. The van der Waals surface area contributed by atoms with Crippen LogP contribution < -0.4 is 68.2 Å². The van der Waals surface area contributed by atoms with Crippen molar-refractivity contribution in [2.45, 2.75) is 207 Å². The Balaban J connectivity index is 0.939. The maximum Gasteiger partial charge on any atom is 0.330 e. The Bertz CT molecular complexity index is 5590. The third-order valence-electron chi connectivity index (χ3n) is 24.1. The molecule has 7 amide bonds. The summed E-state index contributed by atoms with van der Waals surface area (Å²) >= 11 is 14.7. The van der Waals surface area contributed by atoms with Gasteiger partial charge in [-0.15, -0.1) is 0 Å². The number of halogens is 2. The maximum atomic E-state index is 16.6. The van der Waals surface area contributed by atoms with Gasteiger partial charge in [0, 0.05) is 53.2 Å². The lowest BCUT2D eigenvalue weighted by Crippen LogP contribution is -2.65. The number of fused-ring (bicyclic) bond motifs is 15. The fourth-order valence-corrected chi connectivity index (χ4v) is 17.5. The molecule has 8 aromatic carbocycles. The molecule has 36 nitrogen and oxygen atoms in total. The summed E-state index contributed by atoms with van der Waals surface area (Å²) in [7, 11) is 1.48. The molecule has 22 N–H and O–H groups in total. The second kappa shape index (κ2) is 39.2. The molecule has 16 rings (SSSR count). The summed E-state index contributed by atoms with van der Waals surface area (Å²) in [6.07, 6.45) is -23.0. The number of carbonyl (C=O) groups is 8. The number of nitrogens with two attached hydrogens (primary N) is 2. The van der Waals surface area contributed by atoms with Crippen LogP contribution in [0.1, 0.15) is 131 Å². The molecule has 11 bridgehead atoms. The van der Waals surface area contributed by atoms with Gasteiger partial charge in [-0.1, -0.05) is 134 Å². The summed E-state index contributed by atoms with van der Waals surface area (Å²) in [6.45, 7) is 9.10. The Hall–Kier alpha value is -11.7. The van der Waals surface area contributed by atoms with E-state index in [-0.39, 0.29) is 59.2 Å². The highest BCUT2D eigenvalue weighted by molar-refractivity contribution is 6.32. The number of aliphatic hydroxyl groups is 6. The molecule has 8 aliphatic rings. The van der Waals surface area contributed by atoms with Crippen LogP contribution in [0.4, 0.5) is 0 Å². The molecule has 130 heavy (non-hydrogen) atoms. The number of ether oxygens (including phenoxy) is 8. The highest BCUT2D eigenvalue weighted by atomic mass is 35.5. The van der Waals surface area contributed by atoms with Crippen molar-refractivity contribution < 1.29 is 127 Å². The molecule has 3 fully saturated rings. The lowest BCUT2D eigenvalue weighted by atomic mass is 9.84. The van der Waals surface area contributed by atoms with Crippen molar-refractivity contribution in [1.29, 1.82) is 0 Å². The molecule has 0 aromatic heterocycles. The van der Waals surface area contributed by atoms with E-state index in [0.29, 0.717) is 0 Å². The smallest absolute Gasteiger partial charge is 0.330 e. The van der Waals surface area contributed by atoms with Gasteiger partial charge in [0.25, 0.3) is 0 Å². The van der Waals surface area contributed by atoms with Gasteiger partial charge < -0.3 is 143 Å². The number of aromatic hydroxyl groups is 3. The van der Waals surface area contributed by atoms with Crippen LogP contribution in [0, 0.1) is 5.92 Å². The predicted octanol–water partition coefficient (Wildman–Crippen LogP) is 5.51. The van der Waals surface area contributed by atoms with Gasteiger partial charge in [-0.2, -0.15) is 0 Å². The first-order valence-electron chi connectivity index (χ1n) is 42.0. The number of carboxylic acids is 1. The van der Waals surface area contributed by atoms with Gasteiger partial charge >= 0.3 is 5.97 Å². The van der Waals surface area contributed by atoms with Crippen molar-refractivity contribution in [2.24, 2.45) is 17.4 Å². The first kappa shape index (κ1) is 94.5.